The summed E-state index contributed by atoms with van der Waals surface area (Å²) >= 11 is 9.79. The Morgan fingerprint density at radius 1 is 1.46 bits per heavy atom. The summed E-state index contributed by atoms with van der Waals surface area (Å²) in [5, 5.41) is 20.0. The van der Waals surface area contributed by atoms with Crippen LogP contribution >= 0.6 is 27.5 Å². The molecule has 11 heteroatoms. The van der Waals surface area contributed by atoms with Gasteiger partial charge in [0.15, 0.2) is 5.75 Å². The molecule has 0 aliphatic carbocycles. The van der Waals surface area contributed by atoms with Crippen molar-refractivity contribution in [2.45, 2.75) is 19.0 Å². The third-order valence-electron chi connectivity index (χ3n) is 5.21. The van der Waals surface area contributed by atoms with E-state index in [2.05, 4.69) is 20.9 Å². The summed E-state index contributed by atoms with van der Waals surface area (Å²) in [6.07, 6.45) is -0.970. The molecule has 1 saturated heterocycles. The quantitative estimate of drug-likeness (QED) is 0.686. The van der Waals surface area contributed by atoms with Crippen molar-refractivity contribution in [3.63, 3.8) is 0 Å². The lowest BCUT2D eigenvalue weighted by atomic mass is 10.1. The molecule has 1 amide bonds. The molecule has 2 N–H and O–H groups in total. The molecule has 0 saturated carbocycles. The van der Waals surface area contributed by atoms with E-state index < -0.39 is 17.8 Å². The molecule has 150 valence electrons. The maximum Gasteiger partial charge on any atom is 0.407 e. The summed E-state index contributed by atoms with van der Waals surface area (Å²) in [4.78, 5) is 31.7. The smallest absolute Gasteiger partial charge is 0.407 e. The van der Waals surface area contributed by atoms with Crippen LogP contribution in [-0.2, 0) is 0 Å². The van der Waals surface area contributed by atoms with Crippen molar-refractivity contribution in [2.75, 3.05) is 37.7 Å². The van der Waals surface area contributed by atoms with Gasteiger partial charge in [0.1, 0.15) is 17.9 Å². The van der Waals surface area contributed by atoms with Crippen LogP contribution in [0.3, 0.4) is 0 Å². The van der Waals surface area contributed by atoms with Crippen LogP contribution in [0.5, 0.6) is 5.75 Å². The van der Waals surface area contributed by atoms with Gasteiger partial charge in [0.25, 0.3) is 0 Å². The SMILES string of the molecule is CC1CN(C(=O)O)CCN1c1nc(=O)n2c3c(c(Br)c(Cl)cc13)OC[C@@H]2CO. The third-order valence-corrected chi connectivity index (χ3v) is 6.52. The highest BCUT2D eigenvalue weighted by Crippen LogP contribution is 2.44. The number of ether oxygens (including phenoxy) is 1. The Bertz CT molecular complexity index is 1030. The monoisotopic (exact) mass is 472 g/mol. The van der Waals surface area contributed by atoms with E-state index in [4.69, 9.17) is 16.3 Å². The number of amides is 1. The van der Waals surface area contributed by atoms with Gasteiger partial charge in [-0.15, -0.1) is 0 Å². The molecule has 3 heterocycles. The normalized spacial score (nSPS) is 21.7. The first-order chi connectivity index (χ1) is 13.3. The van der Waals surface area contributed by atoms with Gasteiger partial charge in [-0.05, 0) is 28.9 Å². The lowest BCUT2D eigenvalue weighted by Gasteiger charge is -2.40. The Balaban J connectivity index is 1.93. The molecular weight excluding hydrogens is 456 g/mol. The van der Waals surface area contributed by atoms with Crippen LogP contribution in [0.1, 0.15) is 13.0 Å². The molecule has 1 fully saturated rings. The summed E-state index contributed by atoms with van der Waals surface area (Å²) in [6, 6.07) is 0.986. The fourth-order valence-corrected chi connectivity index (χ4v) is 4.44. The van der Waals surface area contributed by atoms with E-state index in [0.29, 0.717) is 51.6 Å². The first-order valence-electron chi connectivity index (χ1n) is 8.76. The molecule has 0 radical (unpaired) electrons. The van der Waals surface area contributed by atoms with Crippen LogP contribution in [0.2, 0.25) is 5.02 Å². The number of carboxylic acid groups (broad SMARTS) is 1. The molecule has 4 rings (SSSR count). The van der Waals surface area contributed by atoms with Crippen LogP contribution in [0.4, 0.5) is 10.6 Å². The lowest BCUT2D eigenvalue weighted by Crippen LogP contribution is -2.54. The number of aromatic nitrogens is 2. The van der Waals surface area contributed by atoms with Gasteiger partial charge in [-0.3, -0.25) is 4.57 Å². The van der Waals surface area contributed by atoms with Gasteiger partial charge in [-0.25, -0.2) is 9.59 Å². The fraction of sp³-hybridized carbons (Fsp3) is 0.471. The average molecular weight is 474 g/mol. The van der Waals surface area contributed by atoms with Crippen LogP contribution in [0, 0.1) is 0 Å². The van der Waals surface area contributed by atoms with Gasteiger partial charge in [0, 0.05) is 31.1 Å². The molecule has 9 nitrogen and oxygen atoms in total. The highest BCUT2D eigenvalue weighted by atomic mass is 79.9. The predicted octanol–water partition coefficient (Wildman–Crippen LogP) is 1.93. The van der Waals surface area contributed by atoms with Gasteiger partial charge in [-0.2, -0.15) is 4.98 Å². The molecule has 1 aromatic heterocycles. The number of carbonyl (C=O) groups is 1. The first kappa shape index (κ1) is 19.3. The van der Waals surface area contributed by atoms with Crippen LogP contribution < -0.4 is 15.3 Å². The second-order valence-corrected chi connectivity index (χ2v) is 8.10. The van der Waals surface area contributed by atoms with Crippen molar-refractivity contribution in [1.29, 1.82) is 0 Å². The standard InChI is InChI=1S/C17H18BrClN4O5/c1-8-5-21(17(26)27)2-3-22(8)15-10-4-11(19)12(18)14-13(10)23(16(25)20-15)9(6-24)7-28-14/h4,8-9,24H,2-3,5-7H2,1H3,(H,26,27)/t8?,9-/m0/s1. The van der Waals surface area contributed by atoms with Crippen LogP contribution in [0.25, 0.3) is 10.9 Å². The molecule has 2 aromatic rings. The molecule has 1 aromatic carbocycles. The number of anilines is 1. The van der Waals surface area contributed by atoms with Crippen molar-refractivity contribution in [2.24, 2.45) is 0 Å². The van der Waals surface area contributed by atoms with Gasteiger partial charge < -0.3 is 24.7 Å². The number of rotatable bonds is 2. The first-order valence-corrected chi connectivity index (χ1v) is 9.93. The van der Waals surface area contributed by atoms with Gasteiger partial charge >= 0.3 is 11.8 Å². The maximum atomic E-state index is 12.9. The third kappa shape index (κ3) is 2.90. The molecule has 2 aliphatic rings. The van der Waals surface area contributed by atoms with E-state index in [1.807, 2.05) is 11.8 Å². The lowest BCUT2D eigenvalue weighted by molar-refractivity contribution is 0.136. The molecule has 2 aliphatic heterocycles. The summed E-state index contributed by atoms with van der Waals surface area (Å²) in [5.74, 6) is 0.872. The van der Waals surface area contributed by atoms with E-state index in [1.165, 1.54) is 9.47 Å². The Labute approximate surface area is 173 Å². The van der Waals surface area contributed by atoms with Crippen molar-refractivity contribution in [3.8, 4) is 5.75 Å². The van der Waals surface area contributed by atoms with E-state index in [0.717, 1.165) is 0 Å². The summed E-state index contributed by atoms with van der Waals surface area (Å²) in [5.41, 5.74) is 0.0256. The van der Waals surface area contributed by atoms with Gasteiger partial charge in [-0.1, -0.05) is 11.6 Å². The van der Waals surface area contributed by atoms with E-state index >= 15 is 0 Å². The number of halogens is 2. The highest BCUT2D eigenvalue weighted by Gasteiger charge is 2.33. The Hall–Kier alpha value is -2.04. The van der Waals surface area contributed by atoms with E-state index in [1.54, 1.807) is 6.07 Å². The van der Waals surface area contributed by atoms with Crippen LogP contribution in [-0.4, -0.2) is 69.6 Å². The number of piperazine rings is 1. The molecular formula is C17H18BrClN4O5. The molecule has 28 heavy (non-hydrogen) atoms. The highest BCUT2D eigenvalue weighted by molar-refractivity contribution is 9.10. The second-order valence-electron chi connectivity index (χ2n) is 6.90. The van der Waals surface area contributed by atoms with Crippen molar-refractivity contribution >= 4 is 50.3 Å². The zero-order valence-electron chi connectivity index (χ0n) is 14.9. The Kier molecular flexibility index (Phi) is 4.88. The molecule has 0 bridgehead atoms. The second kappa shape index (κ2) is 7.09. The van der Waals surface area contributed by atoms with E-state index in [-0.39, 0.29) is 19.3 Å². The Morgan fingerprint density at radius 2 is 2.21 bits per heavy atom. The van der Waals surface area contributed by atoms with Crippen molar-refractivity contribution in [1.82, 2.24) is 14.5 Å². The zero-order chi connectivity index (χ0) is 20.2. The van der Waals surface area contributed by atoms with Crippen molar-refractivity contribution < 1.29 is 19.7 Å². The minimum Gasteiger partial charge on any atom is -0.488 e. The molecule has 0 spiro atoms. The minimum absolute atomic E-state index is 0.131. The molecule has 1 unspecified atom stereocenters. The summed E-state index contributed by atoms with van der Waals surface area (Å²) in [7, 11) is 0. The summed E-state index contributed by atoms with van der Waals surface area (Å²) in [6.45, 7) is 2.75. The average Bonchev–Trinajstić information content (AvgIpc) is 2.67. The number of benzene rings is 1. The fourth-order valence-electron chi connectivity index (χ4n) is 3.83. The number of hydrogen-bond acceptors (Lipinski definition) is 6. The van der Waals surface area contributed by atoms with Crippen LogP contribution in [0.15, 0.2) is 15.3 Å². The Morgan fingerprint density at radius 3 is 2.86 bits per heavy atom. The summed E-state index contributed by atoms with van der Waals surface area (Å²) < 4.78 is 7.78. The number of aliphatic hydroxyl groups is 1. The minimum atomic E-state index is -0.970. The number of hydrogen-bond donors (Lipinski definition) is 2. The molecule has 2 atom stereocenters. The van der Waals surface area contributed by atoms with Gasteiger partial charge in [0.05, 0.1) is 22.1 Å². The predicted molar refractivity (Wildman–Crippen MR) is 107 cm³/mol. The zero-order valence-corrected chi connectivity index (χ0v) is 17.3. The van der Waals surface area contributed by atoms with Gasteiger partial charge in [0.2, 0.25) is 0 Å². The number of nitrogens with zero attached hydrogens (tertiary/aromatic N) is 4. The number of aliphatic hydroxyl groups excluding tert-OH is 1. The topological polar surface area (TPSA) is 108 Å². The maximum absolute atomic E-state index is 12.9. The van der Waals surface area contributed by atoms with Crippen molar-refractivity contribution in [3.05, 3.63) is 26.0 Å². The largest absolute Gasteiger partial charge is 0.488 e. The van der Waals surface area contributed by atoms with E-state index in [9.17, 15) is 19.8 Å².